The number of nitrogens with one attached hydrogen (secondary N) is 1. The van der Waals surface area contributed by atoms with E-state index in [1.54, 1.807) is 17.7 Å². The Labute approximate surface area is 85.9 Å². The summed E-state index contributed by atoms with van der Waals surface area (Å²) in [6, 6.07) is -0.401. The van der Waals surface area contributed by atoms with Gasteiger partial charge >= 0.3 is 6.09 Å². The van der Waals surface area contributed by atoms with Crippen molar-refractivity contribution in [3.63, 3.8) is 0 Å². The number of hydrogen-bond donors (Lipinski definition) is 2. The van der Waals surface area contributed by atoms with Crippen LogP contribution < -0.4 is 5.32 Å². The summed E-state index contributed by atoms with van der Waals surface area (Å²) in [5.41, 5.74) is 0.856. The minimum absolute atomic E-state index is 0.135. The molecule has 0 aromatic carbocycles. The molecular formula is C9H11N3O3. The molecular weight excluding hydrogens is 198 g/mol. The number of fused-ring (bicyclic) bond motifs is 1. The molecule has 1 aromatic heterocycles. The molecule has 80 valence electrons. The fourth-order valence-corrected chi connectivity index (χ4v) is 1.78. The fourth-order valence-electron chi connectivity index (χ4n) is 1.78. The molecule has 15 heavy (non-hydrogen) atoms. The Morgan fingerprint density at radius 1 is 1.73 bits per heavy atom. The summed E-state index contributed by atoms with van der Waals surface area (Å²) < 4.78 is 1.77. The molecule has 0 bridgehead atoms. The highest BCUT2D eigenvalue weighted by molar-refractivity contribution is 5.83. The number of amides is 1. The lowest BCUT2D eigenvalue weighted by molar-refractivity contribution is -0.117. The van der Waals surface area contributed by atoms with Crippen LogP contribution in [0.1, 0.15) is 24.5 Å². The molecule has 6 nitrogen and oxygen atoms in total. The Morgan fingerprint density at radius 3 is 3.13 bits per heavy atom. The van der Waals surface area contributed by atoms with Crippen molar-refractivity contribution >= 4 is 11.9 Å². The third kappa shape index (κ3) is 1.70. The lowest BCUT2D eigenvalue weighted by Crippen LogP contribution is -2.27. The zero-order chi connectivity index (χ0) is 11.0. The SMILES string of the molecule is CC(NC(=O)O)c1ncc2n1CC(=O)C2. The molecule has 2 rings (SSSR count). The first-order chi connectivity index (χ1) is 7.08. The van der Waals surface area contributed by atoms with E-state index in [1.807, 2.05) is 0 Å². The summed E-state index contributed by atoms with van der Waals surface area (Å²) in [5.74, 6) is 0.731. The number of carboxylic acid groups (broad SMARTS) is 1. The van der Waals surface area contributed by atoms with Crippen LogP contribution in [-0.4, -0.2) is 26.5 Å². The molecule has 2 N–H and O–H groups in total. The molecule has 0 saturated carbocycles. The van der Waals surface area contributed by atoms with Crippen LogP contribution in [-0.2, 0) is 17.8 Å². The summed E-state index contributed by atoms with van der Waals surface area (Å²) in [4.78, 5) is 25.7. The molecule has 6 heteroatoms. The Bertz CT molecular complexity index is 424. The highest BCUT2D eigenvalue weighted by atomic mass is 16.4. The highest BCUT2D eigenvalue weighted by Gasteiger charge is 2.24. The summed E-state index contributed by atoms with van der Waals surface area (Å²) in [5, 5.41) is 10.9. The van der Waals surface area contributed by atoms with E-state index < -0.39 is 12.1 Å². The summed E-state index contributed by atoms with van der Waals surface area (Å²) in [6.07, 6.45) is 0.928. The predicted molar refractivity (Wildman–Crippen MR) is 50.5 cm³/mol. The Hall–Kier alpha value is -1.85. The van der Waals surface area contributed by atoms with Crippen LogP contribution in [0.3, 0.4) is 0 Å². The minimum atomic E-state index is -1.09. The van der Waals surface area contributed by atoms with Crippen LogP contribution in [0.25, 0.3) is 0 Å². The Kier molecular flexibility index (Phi) is 2.18. The van der Waals surface area contributed by atoms with E-state index in [0.717, 1.165) is 5.69 Å². The smallest absolute Gasteiger partial charge is 0.405 e. The first-order valence-corrected chi connectivity index (χ1v) is 4.63. The van der Waals surface area contributed by atoms with Gasteiger partial charge in [-0.05, 0) is 6.92 Å². The second kappa shape index (κ2) is 3.38. The van der Waals surface area contributed by atoms with Crippen molar-refractivity contribution in [3.05, 3.63) is 17.7 Å². The van der Waals surface area contributed by atoms with Gasteiger partial charge in [0.25, 0.3) is 0 Å². The summed E-state index contributed by atoms with van der Waals surface area (Å²) in [6.45, 7) is 2.00. The van der Waals surface area contributed by atoms with Crippen molar-refractivity contribution in [1.82, 2.24) is 14.9 Å². The van der Waals surface area contributed by atoms with E-state index in [0.29, 0.717) is 18.8 Å². The molecule has 1 aliphatic rings. The zero-order valence-electron chi connectivity index (χ0n) is 8.23. The van der Waals surface area contributed by atoms with Crippen LogP contribution >= 0.6 is 0 Å². The minimum Gasteiger partial charge on any atom is -0.465 e. The Morgan fingerprint density at radius 2 is 2.47 bits per heavy atom. The lowest BCUT2D eigenvalue weighted by atomic mass is 10.3. The van der Waals surface area contributed by atoms with Gasteiger partial charge in [-0.25, -0.2) is 9.78 Å². The van der Waals surface area contributed by atoms with Gasteiger partial charge in [0.1, 0.15) is 5.82 Å². The molecule has 0 spiro atoms. The van der Waals surface area contributed by atoms with Crippen LogP contribution in [0.4, 0.5) is 4.79 Å². The number of imidazole rings is 1. The second-order valence-corrected chi connectivity index (χ2v) is 3.58. The second-order valence-electron chi connectivity index (χ2n) is 3.58. The molecule has 1 aliphatic heterocycles. The molecule has 1 amide bonds. The van der Waals surface area contributed by atoms with Crippen molar-refractivity contribution < 1.29 is 14.7 Å². The largest absolute Gasteiger partial charge is 0.465 e. The molecule has 0 fully saturated rings. The number of carbonyl (C=O) groups excluding carboxylic acids is 1. The van der Waals surface area contributed by atoms with E-state index in [1.165, 1.54) is 0 Å². The van der Waals surface area contributed by atoms with Crippen LogP contribution in [0, 0.1) is 0 Å². The van der Waals surface area contributed by atoms with Crippen molar-refractivity contribution in [2.75, 3.05) is 0 Å². The van der Waals surface area contributed by atoms with Gasteiger partial charge in [-0.2, -0.15) is 0 Å². The maximum Gasteiger partial charge on any atom is 0.405 e. The van der Waals surface area contributed by atoms with Gasteiger partial charge in [-0.15, -0.1) is 0 Å². The van der Waals surface area contributed by atoms with E-state index in [9.17, 15) is 9.59 Å². The zero-order valence-corrected chi connectivity index (χ0v) is 8.23. The van der Waals surface area contributed by atoms with E-state index >= 15 is 0 Å². The van der Waals surface area contributed by atoms with Crippen molar-refractivity contribution in [1.29, 1.82) is 0 Å². The third-order valence-corrected chi connectivity index (χ3v) is 2.41. The first kappa shape index (κ1) is 9.70. The van der Waals surface area contributed by atoms with Crippen LogP contribution in [0.5, 0.6) is 0 Å². The fraction of sp³-hybridized carbons (Fsp3) is 0.444. The predicted octanol–water partition coefficient (Wildman–Crippen LogP) is 0.337. The molecule has 1 atom stereocenters. The van der Waals surface area contributed by atoms with Gasteiger partial charge in [0.15, 0.2) is 5.78 Å². The molecule has 0 radical (unpaired) electrons. The average molecular weight is 209 g/mol. The molecule has 0 aliphatic carbocycles. The molecule has 1 unspecified atom stereocenters. The van der Waals surface area contributed by atoms with Gasteiger partial charge in [0.2, 0.25) is 0 Å². The number of carbonyl (C=O) groups is 2. The quantitative estimate of drug-likeness (QED) is 0.735. The lowest BCUT2D eigenvalue weighted by Gasteiger charge is -2.11. The van der Waals surface area contributed by atoms with Crippen molar-refractivity contribution in [2.45, 2.75) is 25.9 Å². The number of Topliss-reactive ketones (excluding diaryl/α,β-unsaturated/α-hetero) is 1. The average Bonchev–Trinajstić information content (AvgIpc) is 2.60. The summed E-state index contributed by atoms with van der Waals surface area (Å²) >= 11 is 0. The van der Waals surface area contributed by atoms with E-state index in [4.69, 9.17) is 5.11 Å². The van der Waals surface area contributed by atoms with Crippen LogP contribution in [0.2, 0.25) is 0 Å². The van der Waals surface area contributed by atoms with Gasteiger partial charge in [0, 0.05) is 11.9 Å². The number of hydrogen-bond acceptors (Lipinski definition) is 3. The Balaban J connectivity index is 2.23. The van der Waals surface area contributed by atoms with Gasteiger partial charge in [0.05, 0.1) is 19.0 Å². The monoisotopic (exact) mass is 209 g/mol. The molecule has 1 aromatic rings. The van der Waals surface area contributed by atoms with Crippen LogP contribution in [0.15, 0.2) is 6.20 Å². The van der Waals surface area contributed by atoms with Gasteiger partial charge < -0.3 is 15.0 Å². The van der Waals surface area contributed by atoms with Crippen molar-refractivity contribution in [2.24, 2.45) is 0 Å². The van der Waals surface area contributed by atoms with Crippen molar-refractivity contribution in [3.8, 4) is 0 Å². The normalized spacial score (nSPS) is 16.2. The third-order valence-electron chi connectivity index (χ3n) is 2.41. The van der Waals surface area contributed by atoms with Gasteiger partial charge in [-0.1, -0.05) is 0 Å². The number of ketones is 1. The molecule has 2 heterocycles. The number of nitrogens with zero attached hydrogens (tertiary/aromatic N) is 2. The standard InChI is InChI=1S/C9H11N3O3/c1-5(11-9(14)15)8-10-3-6-2-7(13)4-12(6)8/h3,5,11H,2,4H2,1H3,(H,14,15). The van der Waals surface area contributed by atoms with Gasteiger partial charge in [-0.3, -0.25) is 4.79 Å². The maximum atomic E-state index is 11.2. The molecule has 0 saturated heterocycles. The maximum absolute atomic E-state index is 11.2. The summed E-state index contributed by atoms with van der Waals surface area (Å²) in [7, 11) is 0. The van der Waals surface area contributed by atoms with E-state index in [-0.39, 0.29) is 5.78 Å². The number of rotatable bonds is 2. The van der Waals surface area contributed by atoms with E-state index in [2.05, 4.69) is 10.3 Å². The highest BCUT2D eigenvalue weighted by Crippen LogP contribution is 2.19. The first-order valence-electron chi connectivity index (χ1n) is 4.63. The number of aromatic nitrogens is 2. The topological polar surface area (TPSA) is 84.2 Å².